The van der Waals surface area contributed by atoms with E-state index in [2.05, 4.69) is 5.32 Å². The van der Waals surface area contributed by atoms with E-state index in [1.807, 2.05) is 6.07 Å². The van der Waals surface area contributed by atoms with E-state index < -0.39 is 12.6 Å². The Morgan fingerprint density at radius 2 is 2.00 bits per heavy atom. The predicted molar refractivity (Wildman–Crippen MR) is 64.0 cm³/mol. The van der Waals surface area contributed by atoms with Crippen LogP contribution in [0.4, 0.5) is 24.5 Å². The molecule has 3 nitrogen and oxygen atoms in total. The average molecular weight is 257 g/mol. The smallest absolute Gasteiger partial charge is 0.389 e. The quantitative estimate of drug-likeness (QED) is 0.628. The minimum Gasteiger partial charge on any atom is -0.398 e. The number of nitrogens with zero attached hydrogens (tertiary/aromatic N) is 1. The van der Waals surface area contributed by atoms with Gasteiger partial charge in [0, 0.05) is 18.7 Å². The number of nitriles is 1. The molecule has 0 unspecified atom stereocenters. The van der Waals surface area contributed by atoms with E-state index in [0.29, 0.717) is 29.9 Å². The summed E-state index contributed by atoms with van der Waals surface area (Å²) in [7, 11) is 0. The molecule has 0 radical (unpaired) electrons. The van der Waals surface area contributed by atoms with Crippen LogP contribution >= 0.6 is 0 Å². The van der Waals surface area contributed by atoms with Crippen molar-refractivity contribution in [1.82, 2.24) is 0 Å². The van der Waals surface area contributed by atoms with E-state index in [1.54, 1.807) is 18.2 Å². The fraction of sp³-hybridized carbons (Fsp3) is 0.417. The molecule has 98 valence electrons. The molecule has 3 N–H and O–H groups in total. The summed E-state index contributed by atoms with van der Waals surface area (Å²) in [4.78, 5) is 0. The number of anilines is 2. The lowest BCUT2D eigenvalue weighted by atomic mass is 10.1. The Morgan fingerprint density at radius 1 is 1.28 bits per heavy atom. The summed E-state index contributed by atoms with van der Waals surface area (Å²) in [5.41, 5.74) is 7.06. The van der Waals surface area contributed by atoms with Crippen LogP contribution in [0.1, 0.15) is 24.8 Å². The number of hydrogen-bond donors (Lipinski definition) is 2. The second kappa shape index (κ2) is 6.15. The molecule has 0 saturated carbocycles. The van der Waals surface area contributed by atoms with Gasteiger partial charge in [0.25, 0.3) is 0 Å². The lowest BCUT2D eigenvalue weighted by Crippen LogP contribution is -2.08. The Kier molecular flexibility index (Phi) is 4.84. The average Bonchev–Trinajstić information content (AvgIpc) is 2.27. The molecule has 0 amide bonds. The first-order valence-electron chi connectivity index (χ1n) is 5.52. The zero-order chi connectivity index (χ0) is 13.6. The van der Waals surface area contributed by atoms with Crippen molar-refractivity contribution in [3.8, 4) is 6.07 Å². The molecule has 0 spiro atoms. The Labute approximate surface area is 103 Å². The van der Waals surface area contributed by atoms with Gasteiger partial charge in [0.05, 0.1) is 11.3 Å². The maximum Gasteiger partial charge on any atom is 0.389 e. The van der Waals surface area contributed by atoms with Crippen molar-refractivity contribution in [3.63, 3.8) is 0 Å². The molecule has 0 atom stereocenters. The van der Waals surface area contributed by atoms with E-state index in [1.165, 1.54) is 0 Å². The molecule has 1 rings (SSSR count). The Bertz CT molecular complexity index is 435. The van der Waals surface area contributed by atoms with Crippen molar-refractivity contribution in [2.45, 2.75) is 25.4 Å². The van der Waals surface area contributed by atoms with Crippen molar-refractivity contribution in [2.24, 2.45) is 0 Å². The van der Waals surface area contributed by atoms with Gasteiger partial charge in [-0.05, 0) is 31.0 Å². The zero-order valence-corrected chi connectivity index (χ0v) is 9.72. The Hall–Kier alpha value is -1.90. The monoisotopic (exact) mass is 257 g/mol. The molecule has 18 heavy (non-hydrogen) atoms. The minimum atomic E-state index is -4.08. The number of hydrogen-bond acceptors (Lipinski definition) is 3. The van der Waals surface area contributed by atoms with Crippen LogP contribution in [-0.2, 0) is 0 Å². The van der Waals surface area contributed by atoms with Crippen molar-refractivity contribution in [1.29, 1.82) is 5.26 Å². The van der Waals surface area contributed by atoms with Crippen LogP contribution in [0.15, 0.2) is 18.2 Å². The third kappa shape index (κ3) is 4.95. The van der Waals surface area contributed by atoms with E-state index in [4.69, 9.17) is 11.0 Å². The number of benzene rings is 1. The van der Waals surface area contributed by atoms with Gasteiger partial charge < -0.3 is 11.1 Å². The standard InChI is InChI=1S/C12H14F3N3/c13-12(14,15)5-1-2-6-18-10-4-3-9(8-16)11(17)7-10/h3-4,7,18H,1-2,5-6,17H2. The van der Waals surface area contributed by atoms with Crippen LogP contribution in [-0.4, -0.2) is 12.7 Å². The number of nitrogen functional groups attached to an aromatic ring is 1. The fourth-order valence-corrected chi connectivity index (χ4v) is 1.46. The summed E-state index contributed by atoms with van der Waals surface area (Å²) in [5, 5.41) is 11.6. The molecule has 6 heteroatoms. The summed E-state index contributed by atoms with van der Waals surface area (Å²) in [6.45, 7) is 0.446. The molecular weight excluding hydrogens is 243 g/mol. The molecule has 0 aromatic heterocycles. The summed E-state index contributed by atoms with van der Waals surface area (Å²) in [6, 6.07) is 6.79. The van der Waals surface area contributed by atoms with Gasteiger partial charge in [0.2, 0.25) is 0 Å². The summed E-state index contributed by atoms with van der Waals surface area (Å²) in [6.07, 6.45) is -4.31. The van der Waals surface area contributed by atoms with Crippen LogP contribution in [0.3, 0.4) is 0 Å². The van der Waals surface area contributed by atoms with Crippen molar-refractivity contribution in [2.75, 3.05) is 17.6 Å². The highest BCUT2D eigenvalue weighted by atomic mass is 19.4. The molecule has 0 aliphatic heterocycles. The second-order valence-electron chi connectivity index (χ2n) is 3.91. The largest absolute Gasteiger partial charge is 0.398 e. The number of unbranched alkanes of at least 4 members (excludes halogenated alkanes) is 1. The molecule has 0 heterocycles. The van der Waals surface area contributed by atoms with Crippen LogP contribution in [0.2, 0.25) is 0 Å². The maximum absolute atomic E-state index is 11.9. The van der Waals surface area contributed by atoms with Gasteiger partial charge >= 0.3 is 6.18 Å². The van der Waals surface area contributed by atoms with Gasteiger partial charge in [-0.2, -0.15) is 18.4 Å². The topological polar surface area (TPSA) is 61.8 Å². The number of halogens is 3. The molecule has 0 aliphatic rings. The van der Waals surface area contributed by atoms with Crippen LogP contribution < -0.4 is 11.1 Å². The Balaban J connectivity index is 2.32. The van der Waals surface area contributed by atoms with E-state index in [9.17, 15) is 13.2 Å². The first-order chi connectivity index (χ1) is 8.42. The van der Waals surface area contributed by atoms with E-state index in [-0.39, 0.29) is 6.42 Å². The highest BCUT2D eigenvalue weighted by molar-refractivity contribution is 5.62. The van der Waals surface area contributed by atoms with Crippen molar-refractivity contribution in [3.05, 3.63) is 23.8 Å². The molecule has 0 saturated heterocycles. The van der Waals surface area contributed by atoms with Gasteiger partial charge in [-0.3, -0.25) is 0 Å². The lowest BCUT2D eigenvalue weighted by molar-refractivity contribution is -0.135. The number of nitrogens with one attached hydrogen (secondary N) is 1. The summed E-state index contributed by atoms with van der Waals surface area (Å²) >= 11 is 0. The number of nitrogens with two attached hydrogens (primary N) is 1. The van der Waals surface area contributed by atoms with Gasteiger partial charge in [-0.25, -0.2) is 0 Å². The highest BCUT2D eigenvalue weighted by Gasteiger charge is 2.25. The third-order valence-electron chi connectivity index (χ3n) is 2.39. The summed E-state index contributed by atoms with van der Waals surface area (Å²) < 4.78 is 35.6. The number of rotatable bonds is 5. The fourth-order valence-electron chi connectivity index (χ4n) is 1.46. The molecular formula is C12H14F3N3. The first-order valence-corrected chi connectivity index (χ1v) is 5.52. The molecule has 0 aliphatic carbocycles. The molecule has 0 bridgehead atoms. The van der Waals surface area contributed by atoms with E-state index in [0.717, 1.165) is 0 Å². The van der Waals surface area contributed by atoms with Crippen molar-refractivity contribution >= 4 is 11.4 Å². The van der Waals surface area contributed by atoms with Gasteiger partial charge in [0.15, 0.2) is 0 Å². The second-order valence-corrected chi connectivity index (χ2v) is 3.91. The minimum absolute atomic E-state index is 0.0995. The lowest BCUT2D eigenvalue weighted by Gasteiger charge is -2.09. The normalized spacial score (nSPS) is 11.0. The van der Waals surface area contributed by atoms with Crippen LogP contribution in [0.5, 0.6) is 0 Å². The molecule has 0 fully saturated rings. The Morgan fingerprint density at radius 3 is 2.56 bits per heavy atom. The maximum atomic E-state index is 11.9. The number of alkyl halides is 3. The summed E-state index contributed by atoms with van der Waals surface area (Å²) in [5.74, 6) is 0. The molecule has 1 aromatic carbocycles. The first kappa shape index (κ1) is 14.2. The van der Waals surface area contributed by atoms with Gasteiger partial charge in [-0.1, -0.05) is 0 Å². The van der Waals surface area contributed by atoms with Crippen LogP contribution in [0.25, 0.3) is 0 Å². The SMILES string of the molecule is N#Cc1ccc(NCCCCC(F)(F)F)cc1N. The van der Waals surface area contributed by atoms with Gasteiger partial charge in [-0.15, -0.1) is 0 Å². The van der Waals surface area contributed by atoms with Crippen LogP contribution in [0, 0.1) is 11.3 Å². The van der Waals surface area contributed by atoms with Gasteiger partial charge in [0.1, 0.15) is 6.07 Å². The zero-order valence-electron chi connectivity index (χ0n) is 9.72. The van der Waals surface area contributed by atoms with Crippen molar-refractivity contribution < 1.29 is 13.2 Å². The highest BCUT2D eigenvalue weighted by Crippen LogP contribution is 2.22. The molecule has 1 aromatic rings. The predicted octanol–water partition coefficient (Wildman–Crippen LogP) is 3.28. The third-order valence-corrected chi connectivity index (χ3v) is 2.39. The van der Waals surface area contributed by atoms with E-state index >= 15 is 0 Å².